The minimum Gasteiger partial charge on any atom is -0.399 e. The third kappa shape index (κ3) is 2.83. The van der Waals surface area contributed by atoms with Crippen LogP contribution < -0.4 is 10.6 Å². The van der Waals surface area contributed by atoms with Crippen LogP contribution in [0.4, 0.5) is 11.4 Å². The summed E-state index contributed by atoms with van der Waals surface area (Å²) in [6, 6.07) is 5.65. The number of amides is 1. The molecule has 0 atom stereocenters. The predicted octanol–water partition coefficient (Wildman–Crippen LogP) is 2.35. The highest BCUT2D eigenvalue weighted by atomic mass is 16.2. The third-order valence-corrected chi connectivity index (χ3v) is 3.75. The molecule has 4 heteroatoms. The van der Waals surface area contributed by atoms with E-state index >= 15 is 0 Å². The van der Waals surface area contributed by atoms with Gasteiger partial charge in [-0.2, -0.15) is 0 Å². The van der Waals surface area contributed by atoms with Crippen molar-refractivity contribution in [1.29, 1.82) is 0 Å². The quantitative estimate of drug-likeness (QED) is 0.846. The number of hydrogen-bond donors (Lipinski definition) is 1. The van der Waals surface area contributed by atoms with Crippen LogP contribution in [0.15, 0.2) is 18.2 Å². The highest BCUT2D eigenvalue weighted by Crippen LogP contribution is 2.25. The molecule has 0 bridgehead atoms. The molecule has 4 nitrogen and oxygen atoms in total. The lowest BCUT2D eigenvalue weighted by Gasteiger charge is -2.26. The minimum atomic E-state index is 0.117. The summed E-state index contributed by atoms with van der Waals surface area (Å²) in [5.41, 5.74) is 8.25. The molecule has 1 amide bonds. The highest BCUT2D eigenvalue weighted by Gasteiger charge is 2.23. The van der Waals surface area contributed by atoms with Gasteiger partial charge in [0.1, 0.15) is 0 Å². The van der Waals surface area contributed by atoms with Gasteiger partial charge in [-0.3, -0.25) is 4.79 Å². The summed E-state index contributed by atoms with van der Waals surface area (Å²) in [6.07, 6.45) is 2.21. The molecule has 0 spiro atoms. The minimum absolute atomic E-state index is 0.117. The van der Waals surface area contributed by atoms with Gasteiger partial charge >= 0.3 is 0 Å². The van der Waals surface area contributed by atoms with Crippen molar-refractivity contribution < 1.29 is 4.79 Å². The van der Waals surface area contributed by atoms with Gasteiger partial charge in [0, 0.05) is 37.6 Å². The number of carbonyl (C=O) groups excluding carboxylic acids is 1. The summed E-state index contributed by atoms with van der Waals surface area (Å²) in [4.78, 5) is 16.7. The van der Waals surface area contributed by atoms with E-state index in [2.05, 4.69) is 18.7 Å². The Morgan fingerprint density at radius 1 is 1.26 bits per heavy atom. The average Bonchev–Trinajstić information content (AvgIpc) is 2.94. The molecule has 1 fully saturated rings. The van der Waals surface area contributed by atoms with Gasteiger partial charge in [0.25, 0.3) is 5.91 Å². The first-order valence-corrected chi connectivity index (χ1v) is 7.11. The molecule has 0 radical (unpaired) electrons. The Morgan fingerprint density at radius 2 is 1.89 bits per heavy atom. The summed E-state index contributed by atoms with van der Waals surface area (Å²) in [6.45, 7) is 7.71. The van der Waals surface area contributed by atoms with Crippen molar-refractivity contribution in [3.63, 3.8) is 0 Å². The number of benzene rings is 1. The second-order valence-corrected chi connectivity index (χ2v) is 4.95. The van der Waals surface area contributed by atoms with Crippen molar-refractivity contribution in [2.75, 3.05) is 36.8 Å². The van der Waals surface area contributed by atoms with Crippen LogP contribution in [0.1, 0.15) is 37.0 Å². The third-order valence-electron chi connectivity index (χ3n) is 3.75. The Bertz CT molecular complexity index is 449. The number of carbonyl (C=O) groups is 1. The maximum absolute atomic E-state index is 12.6. The lowest BCUT2D eigenvalue weighted by Crippen LogP contribution is -2.31. The van der Waals surface area contributed by atoms with Crippen molar-refractivity contribution in [2.24, 2.45) is 0 Å². The zero-order chi connectivity index (χ0) is 13.8. The van der Waals surface area contributed by atoms with E-state index in [4.69, 9.17) is 5.73 Å². The molecule has 0 saturated carbocycles. The Hall–Kier alpha value is -1.71. The first kappa shape index (κ1) is 13.7. The molecule has 1 aromatic rings. The standard InChI is InChI=1S/C15H23N3O/c1-3-17(4-2)14-8-7-12(16)11-13(14)15(19)18-9-5-6-10-18/h7-8,11H,3-6,9-10,16H2,1-2H3. The number of nitrogens with two attached hydrogens (primary N) is 1. The van der Waals surface area contributed by atoms with E-state index in [1.54, 1.807) is 0 Å². The summed E-state index contributed by atoms with van der Waals surface area (Å²) in [5.74, 6) is 0.117. The molecular formula is C15H23N3O. The SMILES string of the molecule is CCN(CC)c1ccc(N)cc1C(=O)N1CCCC1. The van der Waals surface area contributed by atoms with Crippen molar-refractivity contribution in [2.45, 2.75) is 26.7 Å². The zero-order valence-electron chi connectivity index (χ0n) is 11.9. The largest absolute Gasteiger partial charge is 0.399 e. The fourth-order valence-electron chi connectivity index (χ4n) is 2.66. The molecule has 2 N–H and O–H groups in total. The van der Waals surface area contributed by atoms with E-state index in [1.165, 1.54) is 0 Å². The van der Waals surface area contributed by atoms with Gasteiger partial charge in [-0.05, 0) is 44.9 Å². The molecule has 2 rings (SSSR count). The van der Waals surface area contributed by atoms with E-state index < -0.39 is 0 Å². The van der Waals surface area contributed by atoms with Crippen molar-refractivity contribution in [3.8, 4) is 0 Å². The molecule has 1 aliphatic heterocycles. The van der Waals surface area contributed by atoms with Crippen LogP contribution in [0.3, 0.4) is 0 Å². The van der Waals surface area contributed by atoms with E-state index in [0.29, 0.717) is 5.69 Å². The molecule has 0 unspecified atom stereocenters. The monoisotopic (exact) mass is 261 g/mol. The van der Waals surface area contributed by atoms with Crippen LogP contribution in [0, 0.1) is 0 Å². The molecule has 1 aromatic carbocycles. The van der Waals surface area contributed by atoms with E-state index in [0.717, 1.165) is 50.3 Å². The van der Waals surface area contributed by atoms with Gasteiger partial charge in [-0.15, -0.1) is 0 Å². The Labute approximate surface area is 115 Å². The van der Waals surface area contributed by atoms with E-state index in [1.807, 2.05) is 23.1 Å². The van der Waals surface area contributed by atoms with Crippen LogP contribution in [0.2, 0.25) is 0 Å². The van der Waals surface area contributed by atoms with Crippen LogP contribution in [0.5, 0.6) is 0 Å². The second kappa shape index (κ2) is 5.95. The molecule has 0 aromatic heterocycles. The van der Waals surface area contributed by atoms with Crippen LogP contribution in [0.25, 0.3) is 0 Å². The lowest BCUT2D eigenvalue weighted by molar-refractivity contribution is 0.0793. The number of rotatable bonds is 4. The van der Waals surface area contributed by atoms with Crippen LogP contribution >= 0.6 is 0 Å². The predicted molar refractivity (Wildman–Crippen MR) is 79.6 cm³/mol. The number of nitrogen functional groups attached to an aromatic ring is 1. The maximum atomic E-state index is 12.6. The molecule has 19 heavy (non-hydrogen) atoms. The highest BCUT2D eigenvalue weighted by molar-refractivity contribution is 6.00. The van der Waals surface area contributed by atoms with Gasteiger partial charge in [0.2, 0.25) is 0 Å². The first-order valence-electron chi connectivity index (χ1n) is 7.11. The zero-order valence-corrected chi connectivity index (χ0v) is 11.9. The van der Waals surface area contributed by atoms with Crippen LogP contribution in [-0.2, 0) is 0 Å². The van der Waals surface area contributed by atoms with Crippen molar-refractivity contribution >= 4 is 17.3 Å². The fraction of sp³-hybridized carbons (Fsp3) is 0.533. The fourth-order valence-corrected chi connectivity index (χ4v) is 2.66. The molecular weight excluding hydrogens is 238 g/mol. The number of likely N-dealkylation sites (tertiary alicyclic amines) is 1. The molecule has 1 aliphatic rings. The van der Waals surface area contributed by atoms with Gasteiger partial charge in [-0.25, -0.2) is 0 Å². The Balaban J connectivity index is 2.36. The summed E-state index contributed by atoms with van der Waals surface area (Å²) in [5, 5.41) is 0. The van der Waals surface area contributed by atoms with Gasteiger partial charge in [-0.1, -0.05) is 0 Å². The van der Waals surface area contributed by atoms with E-state index in [-0.39, 0.29) is 5.91 Å². The maximum Gasteiger partial charge on any atom is 0.256 e. The summed E-state index contributed by atoms with van der Waals surface area (Å²) < 4.78 is 0. The second-order valence-electron chi connectivity index (χ2n) is 4.95. The molecule has 104 valence electrons. The summed E-state index contributed by atoms with van der Waals surface area (Å²) >= 11 is 0. The van der Waals surface area contributed by atoms with Gasteiger partial charge in [0.05, 0.1) is 5.56 Å². The molecule has 0 aliphatic carbocycles. The smallest absolute Gasteiger partial charge is 0.256 e. The van der Waals surface area contributed by atoms with Crippen molar-refractivity contribution in [3.05, 3.63) is 23.8 Å². The number of nitrogens with zero attached hydrogens (tertiary/aromatic N) is 2. The van der Waals surface area contributed by atoms with Gasteiger partial charge in [0.15, 0.2) is 0 Å². The van der Waals surface area contributed by atoms with Gasteiger partial charge < -0.3 is 15.5 Å². The van der Waals surface area contributed by atoms with E-state index in [9.17, 15) is 4.79 Å². The Kier molecular flexibility index (Phi) is 4.30. The van der Waals surface area contributed by atoms with Crippen molar-refractivity contribution in [1.82, 2.24) is 4.90 Å². The normalized spacial score (nSPS) is 14.7. The molecule has 1 heterocycles. The molecule has 1 saturated heterocycles. The first-order chi connectivity index (χ1) is 9.17. The topological polar surface area (TPSA) is 49.6 Å². The summed E-state index contributed by atoms with van der Waals surface area (Å²) in [7, 11) is 0. The number of anilines is 2. The Morgan fingerprint density at radius 3 is 2.47 bits per heavy atom. The number of hydrogen-bond acceptors (Lipinski definition) is 3. The average molecular weight is 261 g/mol. The lowest BCUT2D eigenvalue weighted by atomic mass is 10.1. The van der Waals surface area contributed by atoms with Crippen LogP contribution in [-0.4, -0.2) is 37.0 Å².